The second-order valence-corrected chi connectivity index (χ2v) is 9.32. The number of sulfone groups is 1. The van der Waals surface area contributed by atoms with Gasteiger partial charge in [0, 0.05) is 24.8 Å². The van der Waals surface area contributed by atoms with E-state index in [4.69, 9.17) is 9.40 Å². The van der Waals surface area contributed by atoms with Crippen LogP contribution in [0.3, 0.4) is 0 Å². The lowest BCUT2D eigenvalue weighted by molar-refractivity contribution is 0.381. The van der Waals surface area contributed by atoms with E-state index in [2.05, 4.69) is 15.0 Å². The van der Waals surface area contributed by atoms with E-state index in [1.165, 1.54) is 6.26 Å². The van der Waals surface area contributed by atoms with Gasteiger partial charge >= 0.3 is 0 Å². The SMILES string of the molecule is CCc1nc(-c2nc(-c3cccc(S(C)(=O)=O)c3)nn2CCCN(C)C)c(C)o1. The van der Waals surface area contributed by atoms with E-state index in [0.717, 1.165) is 13.0 Å². The van der Waals surface area contributed by atoms with E-state index in [-0.39, 0.29) is 4.90 Å². The molecule has 0 amide bonds. The van der Waals surface area contributed by atoms with Crippen molar-refractivity contribution in [3.8, 4) is 22.9 Å². The molecule has 9 heteroatoms. The van der Waals surface area contributed by atoms with Gasteiger partial charge in [-0.1, -0.05) is 19.1 Å². The van der Waals surface area contributed by atoms with Gasteiger partial charge in [0.1, 0.15) is 11.5 Å². The summed E-state index contributed by atoms with van der Waals surface area (Å²) in [7, 11) is 0.740. The first kappa shape index (κ1) is 21.2. The molecule has 0 radical (unpaired) electrons. The predicted octanol–water partition coefficient (Wildman–Crippen LogP) is 2.83. The highest BCUT2D eigenvalue weighted by Crippen LogP contribution is 2.27. The van der Waals surface area contributed by atoms with Gasteiger partial charge in [0.15, 0.2) is 27.4 Å². The Hall–Kier alpha value is -2.52. The van der Waals surface area contributed by atoms with Gasteiger partial charge in [-0.3, -0.25) is 0 Å². The van der Waals surface area contributed by atoms with Crippen LogP contribution in [0.25, 0.3) is 22.9 Å². The Kier molecular flexibility index (Phi) is 6.18. The highest BCUT2D eigenvalue weighted by atomic mass is 32.2. The fourth-order valence-electron chi connectivity index (χ4n) is 3.01. The third-order valence-corrected chi connectivity index (χ3v) is 5.63. The van der Waals surface area contributed by atoms with Crippen molar-refractivity contribution >= 4 is 9.84 Å². The lowest BCUT2D eigenvalue weighted by Crippen LogP contribution is -2.16. The molecule has 0 spiro atoms. The Balaban J connectivity index is 2.05. The zero-order valence-electron chi connectivity index (χ0n) is 17.5. The first-order valence-corrected chi connectivity index (χ1v) is 11.4. The van der Waals surface area contributed by atoms with Crippen molar-refractivity contribution in [2.75, 3.05) is 26.9 Å². The van der Waals surface area contributed by atoms with Crippen LogP contribution in [0.2, 0.25) is 0 Å². The van der Waals surface area contributed by atoms with Crippen LogP contribution in [0.4, 0.5) is 0 Å². The molecule has 0 saturated carbocycles. The largest absolute Gasteiger partial charge is 0.445 e. The molecule has 2 aromatic heterocycles. The number of aryl methyl sites for hydroxylation is 3. The van der Waals surface area contributed by atoms with Crippen LogP contribution in [0.5, 0.6) is 0 Å². The van der Waals surface area contributed by atoms with E-state index < -0.39 is 9.84 Å². The highest BCUT2D eigenvalue weighted by molar-refractivity contribution is 7.90. The van der Waals surface area contributed by atoms with Crippen LogP contribution in [0.15, 0.2) is 33.6 Å². The molecule has 29 heavy (non-hydrogen) atoms. The number of oxazole rings is 1. The van der Waals surface area contributed by atoms with Crippen molar-refractivity contribution in [2.45, 2.75) is 38.1 Å². The normalized spacial score (nSPS) is 12.1. The zero-order valence-corrected chi connectivity index (χ0v) is 18.3. The maximum Gasteiger partial charge on any atom is 0.194 e. The molecule has 0 aliphatic rings. The second kappa shape index (κ2) is 8.46. The van der Waals surface area contributed by atoms with Gasteiger partial charge in [-0.15, -0.1) is 0 Å². The second-order valence-electron chi connectivity index (χ2n) is 7.30. The predicted molar refractivity (Wildman–Crippen MR) is 111 cm³/mol. The fourth-order valence-corrected chi connectivity index (χ4v) is 3.67. The molecule has 0 atom stereocenters. The molecule has 2 heterocycles. The minimum atomic E-state index is -3.31. The van der Waals surface area contributed by atoms with Crippen molar-refractivity contribution < 1.29 is 12.8 Å². The number of hydrogen-bond acceptors (Lipinski definition) is 7. The molecule has 3 rings (SSSR count). The third kappa shape index (κ3) is 4.91. The highest BCUT2D eigenvalue weighted by Gasteiger charge is 2.20. The lowest BCUT2D eigenvalue weighted by Gasteiger charge is -2.09. The van der Waals surface area contributed by atoms with Crippen molar-refractivity contribution in [1.29, 1.82) is 0 Å². The molecule has 0 unspecified atom stereocenters. The van der Waals surface area contributed by atoms with E-state index in [0.29, 0.717) is 47.5 Å². The Bertz CT molecular complexity index is 1100. The van der Waals surface area contributed by atoms with Crippen molar-refractivity contribution in [3.05, 3.63) is 35.9 Å². The average molecular weight is 418 g/mol. The van der Waals surface area contributed by atoms with Crippen LogP contribution in [-0.2, 0) is 22.8 Å². The lowest BCUT2D eigenvalue weighted by atomic mass is 10.2. The Morgan fingerprint density at radius 3 is 2.59 bits per heavy atom. The summed E-state index contributed by atoms with van der Waals surface area (Å²) in [5.41, 5.74) is 1.32. The molecule has 156 valence electrons. The van der Waals surface area contributed by atoms with Crippen molar-refractivity contribution in [1.82, 2.24) is 24.6 Å². The third-order valence-electron chi connectivity index (χ3n) is 4.52. The number of benzene rings is 1. The molecular weight excluding hydrogens is 390 g/mol. The van der Waals surface area contributed by atoms with Gasteiger partial charge in [0.25, 0.3) is 0 Å². The minimum Gasteiger partial charge on any atom is -0.445 e. The molecule has 0 aliphatic heterocycles. The number of nitrogens with zero attached hydrogens (tertiary/aromatic N) is 5. The summed E-state index contributed by atoms with van der Waals surface area (Å²) in [5, 5.41) is 4.66. The molecule has 0 saturated heterocycles. The maximum absolute atomic E-state index is 11.9. The number of rotatable bonds is 8. The molecular formula is C20H27N5O3S. The Morgan fingerprint density at radius 2 is 1.97 bits per heavy atom. The molecule has 3 aromatic rings. The monoisotopic (exact) mass is 417 g/mol. The Morgan fingerprint density at radius 1 is 1.21 bits per heavy atom. The first-order valence-electron chi connectivity index (χ1n) is 9.55. The van der Waals surface area contributed by atoms with Gasteiger partial charge < -0.3 is 9.32 Å². The van der Waals surface area contributed by atoms with E-state index in [9.17, 15) is 8.42 Å². The summed E-state index contributed by atoms with van der Waals surface area (Å²) < 4.78 is 31.4. The molecule has 0 fully saturated rings. The van der Waals surface area contributed by atoms with E-state index >= 15 is 0 Å². The van der Waals surface area contributed by atoms with Crippen LogP contribution in [-0.4, -0.2) is 60.0 Å². The Labute approximate surface area is 171 Å². The molecule has 0 N–H and O–H groups in total. The number of aromatic nitrogens is 4. The van der Waals surface area contributed by atoms with E-state index in [1.54, 1.807) is 18.2 Å². The maximum atomic E-state index is 11.9. The summed E-state index contributed by atoms with van der Waals surface area (Å²) in [6.07, 6.45) is 2.78. The summed E-state index contributed by atoms with van der Waals surface area (Å²) in [5.74, 6) is 2.45. The topological polar surface area (TPSA) is 94.1 Å². The summed E-state index contributed by atoms with van der Waals surface area (Å²) in [6, 6.07) is 6.69. The average Bonchev–Trinajstić information content (AvgIpc) is 3.24. The quantitative estimate of drug-likeness (QED) is 0.556. The van der Waals surface area contributed by atoms with Gasteiger partial charge in [-0.05, 0) is 46.1 Å². The summed E-state index contributed by atoms with van der Waals surface area (Å²) in [4.78, 5) is 11.6. The fraction of sp³-hybridized carbons (Fsp3) is 0.450. The molecule has 8 nitrogen and oxygen atoms in total. The smallest absolute Gasteiger partial charge is 0.194 e. The first-order chi connectivity index (χ1) is 13.7. The minimum absolute atomic E-state index is 0.242. The van der Waals surface area contributed by atoms with Crippen LogP contribution < -0.4 is 0 Å². The van der Waals surface area contributed by atoms with Gasteiger partial charge in [-0.25, -0.2) is 23.1 Å². The van der Waals surface area contributed by atoms with Crippen LogP contribution >= 0.6 is 0 Å². The van der Waals surface area contributed by atoms with Crippen LogP contribution in [0, 0.1) is 6.92 Å². The number of hydrogen-bond donors (Lipinski definition) is 0. The standard InChI is InChI=1S/C20H27N5O3S/c1-6-17-21-18(14(2)28-17)20-22-19(23-25(20)12-8-11-24(3)4)15-9-7-10-16(13-15)29(5,26)27/h7,9-10,13H,6,8,11-12H2,1-5H3. The van der Waals surface area contributed by atoms with E-state index in [1.807, 2.05) is 38.7 Å². The van der Waals surface area contributed by atoms with Gasteiger partial charge in [0.05, 0.1) is 4.90 Å². The van der Waals surface area contributed by atoms with Gasteiger partial charge in [0.2, 0.25) is 0 Å². The van der Waals surface area contributed by atoms with Crippen LogP contribution in [0.1, 0.15) is 25.0 Å². The molecule has 0 bridgehead atoms. The molecule has 0 aliphatic carbocycles. The summed E-state index contributed by atoms with van der Waals surface area (Å²) >= 11 is 0. The summed E-state index contributed by atoms with van der Waals surface area (Å²) in [6.45, 7) is 5.43. The van der Waals surface area contributed by atoms with Crippen molar-refractivity contribution in [3.63, 3.8) is 0 Å². The van der Waals surface area contributed by atoms with Crippen molar-refractivity contribution in [2.24, 2.45) is 0 Å². The zero-order chi connectivity index (χ0) is 21.2. The molecule has 1 aromatic carbocycles. The van der Waals surface area contributed by atoms with Gasteiger partial charge in [-0.2, -0.15) is 5.10 Å².